The predicted octanol–water partition coefficient (Wildman–Crippen LogP) is 2.87. The SMILES string of the molecule is C[C@@]12CC[C@@H]3C[C@@]1(C#N)N(NC(=O)c1ccccc1F)C[C@@]32C. The Labute approximate surface area is 135 Å². The third-order valence-electron chi connectivity index (χ3n) is 7.10. The van der Waals surface area contributed by atoms with Gasteiger partial charge in [0.2, 0.25) is 0 Å². The van der Waals surface area contributed by atoms with Gasteiger partial charge in [0.05, 0.1) is 11.6 Å². The zero-order valence-electron chi connectivity index (χ0n) is 13.4. The maximum atomic E-state index is 13.8. The van der Waals surface area contributed by atoms with Crippen LogP contribution in [-0.4, -0.2) is 23.0 Å². The average molecular weight is 313 g/mol. The summed E-state index contributed by atoms with van der Waals surface area (Å²) in [4.78, 5) is 12.5. The Bertz CT molecular complexity index is 744. The lowest BCUT2D eigenvalue weighted by Crippen LogP contribution is -2.59. The minimum absolute atomic E-state index is 0.0174. The maximum absolute atomic E-state index is 13.8. The third-order valence-corrected chi connectivity index (χ3v) is 7.10. The van der Waals surface area contributed by atoms with Crippen molar-refractivity contribution in [1.82, 2.24) is 10.4 Å². The van der Waals surface area contributed by atoms with Crippen LogP contribution in [0.2, 0.25) is 0 Å². The summed E-state index contributed by atoms with van der Waals surface area (Å²) < 4.78 is 13.8. The first-order valence-corrected chi connectivity index (χ1v) is 8.12. The highest BCUT2D eigenvalue weighted by Gasteiger charge is 2.78. The van der Waals surface area contributed by atoms with Crippen molar-refractivity contribution in [1.29, 1.82) is 5.26 Å². The summed E-state index contributed by atoms with van der Waals surface area (Å²) in [6.45, 7) is 5.07. The second-order valence-electron chi connectivity index (χ2n) is 7.67. The van der Waals surface area contributed by atoms with Gasteiger partial charge in [-0.1, -0.05) is 26.0 Å². The topological polar surface area (TPSA) is 56.1 Å². The van der Waals surface area contributed by atoms with Crippen molar-refractivity contribution in [3.8, 4) is 6.07 Å². The number of nitrogens with one attached hydrogen (secondary N) is 1. The monoisotopic (exact) mass is 313 g/mol. The van der Waals surface area contributed by atoms with Gasteiger partial charge in [0.25, 0.3) is 5.91 Å². The van der Waals surface area contributed by atoms with Gasteiger partial charge < -0.3 is 0 Å². The summed E-state index contributed by atoms with van der Waals surface area (Å²) in [6.07, 6.45) is 2.95. The number of hydrogen-bond donors (Lipinski definition) is 1. The van der Waals surface area contributed by atoms with Gasteiger partial charge in [0.1, 0.15) is 11.4 Å². The van der Waals surface area contributed by atoms with Gasteiger partial charge >= 0.3 is 0 Å². The van der Waals surface area contributed by atoms with Crippen molar-refractivity contribution in [2.45, 2.75) is 38.6 Å². The second-order valence-corrected chi connectivity index (χ2v) is 7.67. The Morgan fingerprint density at radius 3 is 2.83 bits per heavy atom. The summed E-state index contributed by atoms with van der Waals surface area (Å²) in [6, 6.07) is 8.44. The quantitative estimate of drug-likeness (QED) is 0.913. The van der Waals surface area contributed by atoms with Crippen molar-refractivity contribution >= 4 is 5.91 Å². The standard InChI is InChI=1S/C18H20FN3O/c1-16-11-22(21-15(23)13-5-3-4-6-14(13)19)18(10-20)9-12(16)7-8-17(16,18)2/h3-6,12H,7-9,11H2,1-2H3,(H,21,23)/t12-,16+,17+,18+/m1/s1. The maximum Gasteiger partial charge on any atom is 0.268 e. The molecule has 5 heteroatoms. The molecule has 1 aliphatic heterocycles. The van der Waals surface area contributed by atoms with Gasteiger partial charge in [-0.3, -0.25) is 10.2 Å². The molecular formula is C18H20FN3O. The molecule has 4 bridgehead atoms. The number of nitrogens with zero attached hydrogens (tertiary/aromatic N) is 2. The molecule has 1 saturated heterocycles. The number of piperidine rings is 1. The van der Waals surface area contributed by atoms with Crippen molar-refractivity contribution in [3.63, 3.8) is 0 Å². The van der Waals surface area contributed by atoms with E-state index in [1.54, 1.807) is 17.1 Å². The molecule has 1 aromatic rings. The zero-order chi connectivity index (χ0) is 16.5. The minimum atomic E-state index is -0.675. The second kappa shape index (κ2) is 4.33. The fourth-order valence-corrected chi connectivity index (χ4v) is 5.47. The molecule has 3 fully saturated rings. The van der Waals surface area contributed by atoms with Crippen molar-refractivity contribution in [3.05, 3.63) is 35.6 Å². The summed E-state index contributed by atoms with van der Waals surface area (Å²) in [7, 11) is 0. The van der Waals surface area contributed by atoms with E-state index in [2.05, 4.69) is 25.3 Å². The molecule has 3 aliphatic rings. The van der Waals surface area contributed by atoms with E-state index in [-0.39, 0.29) is 16.4 Å². The molecule has 2 saturated carbocycles. The van der Waals surface area contributed by atoms with Crippen LogP contribution < -0.4 is 5.43 Å². The molecule has 0 unspecified atom stereocenters. The third kappa shape index (κ3) is 1.50. The first-order chi connectivity index (χ1) is 10.9. The molecule has 4 nitrogen and oxygen atoms in total. The van der Waals surface area contributed by atoms with Gasteiger partial charge in [-0.05, 0) is 42.7 Å². The van der Waals surface area contributed by atoms with Crippen LogP contribution >= 0.6 is 0 Å². The van der Waals surface area contributed by atoms with E-state index in [9.17, 15) is 14.4 Å². The van der Waals surface area contributed by atoms with E-state index in [0.29, 0.717) is 12.5 Å². The first kappa shape index (κ1) is 14.6. The number of amides is 1. The fourth-order valence-electron chi connectivity index (χ4n) is 5.47. The van der Waals surface area contributed by atoms with Gasteiger partial charge in [-0.15, -0.1) is 0 Å². The highest BCUT2D eigenvalue weighted by atomic mass is 19.1. The van der Waals surface area contributed by atoms with E-state index in [0.717, 1.165) is 19.3 Å². The Morgan fingerprint density at radius 2 is 2.17 bits per heavy atom. The highest BCUT2D eigenvalue weighted by Crippen LogP contribution is 2.75. The van der Waals surface area contributed by atoms with Crippen molar-refractivity contribution in [2.24, 2.45) is 16.7 Å². The first-order valence-electron chi connectivity index (χ1n) is 8.12. The molecular weight excluding hydrogens is 293 g/mol. The predicted molar refractivity (Wildman–Crippen MR) is 82.5 cm³/mol. The fraction of sp³-hybridized carbons (Fsp3) is 0.556. The van der Waals surface area contributed by atoms with Crippen LogP contribution in [0.15, 0.2) is 24.3 Å². The molecule has 1 aromatic carbocycles. The van der Waals surface area contributed by atoms with Gasteiger partial charge in [-0.25, -0.2) is 4.39 Å². The lowest BCUT2D eigenvalue weighted by atomic mass is 9.66. The molecule has 23 heavy (non-hydrogen) atoms. The van der Waals surface area contributed by atoms with Crippen LogP contribution in [0.5, 0.6) is 0 Å². The number of hydrazine groups is 1. The number of carbonyl (C=O) groups excluding carboxylic acids is 1. The molecule has 4 rings (SSSR count). The minimum Gasteiger partial charge on any atom is -0.283 e. The van der Waals surface area contributed by atoms with Crippen LogP contribution in [0.3, 0.4) is 0 Å². The molecule has 1 amide bonds. The molecule has 4 atom stereocenters. The molecule has 1 N–H and O–H groups in total. The number of nitriles is 1. The Balaban J connectivity index is 1.66. The largest absolute Gasteiger partial charge is 0.283 e. The van der Waals surface area contributed by atoms with Gasteiger partial charge in [0.15, 0.2) is 0 Å². The van der Waals surface area contributed by atoms with E-state index < -0.39 is 17.3 Å². The normalized spacial score (nSPS) is 41.0. The number of carbonyl (C=O) groups is 1. The molecule has 2 aliphatic carbocycles. The summed E-state index contributed by atoms with van der Waals surface area (Å²) >= 11 is 0. The van der Waals surface area contributed by atoms with Crippen LogP contribution in [0.4, 0.5) is 4.39 Å². The lowest BCUT2D eigenvalue weighted by molar-refractivity contribution is 0.0238. The molecule has 1 heterocycles. The van der Waals surface area contributed by atoms with E-state index in [1.807, 2.05) is 0 Å². The number of halogens is 1. The average Bonchev–Trinajstić information content (AvgIpc) is 2.96. The van der Waals surface area contributed by atoms with E-state index in [4.69, 9.17) is 0 Å². The Kier molecular flexibility index (Phi) is 2.76. The molecule has 0 spiro atoms. The van der Waals surface area contributed by atoms with Crippen LogP contribution in [-0.2, 0) is 0 Å². The van der Waals surface area contributed by atoms with Crippen molar-refractivity contribution < 1.29 is 9.18 Å². The number of benzene rings is 1. The van der Waals surface area contributed by atoms with Gasteiger partial charge in [0, 0.05) is 12.0 Å². The lowest BCUT2D eigenvalue weighted by Gasteiger charge is -2.42. The Morgan fingerprint density at radius 1 is 1.43 bits per heavy atom. The summed E-state index contributed by atoms with van der Waals surface area (Å²) in [5.41, 5.74) is 2.08. The summed E-state index contributed by atoms with van der Waals surface area (Å²) in [5.74, 6) is -0.485. The summed E-state index contributed by atoms with van der Waals surface area (Å²) in [5, 5.41) is 11.7. The molecule has 120 valence electrons. The highest BCUT2D eigenvalue weighted by molar-refractivity contribution is 5.94. The van der Waals surface area contributed by atoms with Gasteiger partial charge in [-0.2, -0.15) is 10.3 Å². The number of hydrogen-bond acceptors (Lipinski definition) is 3. The number of rotatable bonds is 2. The molecule has 0 aromatic heterocycles. The molecule has 0 radical (unpaired) electrons. The van der Waals surface area contributed by atoms with Crippen LogP contribution in [0.25, 0.3) is 0 Å². The van der Waals surface area contributed by atoms with E-state index >= 15 is 0 Å². The van der Waals surface area contributed by atoms with Crippen LogP contribution in [0.1, 0.15) is 43.5 Å². The van der Waals surface area contributed by atoms with E-state index in [1.165, 1.54) is 12.1 Å². The van der Waals surface area contributed by atoms with Crippen LogP contribution in [0, 0.1) is 33.9 Å². The Hall–Kier alpha value is -1.93. The van der Waals surface area contributed by atoms with Crippen molar-refractivity contribution in [2.75, 3.05) is 6.54 Å². The smallest absolute Gasteiger partial charge is 0.268 e. The zero-order valence-corrected chi connectivity index (χ0v) is 13.4.